The van der Waals surface area contributed by atoms with E-state index in [0.717, 1.165) is 16.7 Å². The van der Waals surface area contributed by atoms with E-state index < -0.39 is 0 Å². The van der Waals surface area contributed by atoms with Crippen LogP contribution in [0, 0.1) is 0 Å². The molecule has 3 heteroatoms. The highest BCUT2D eigenvalue weighted by molar-refractivity contribution is 6.12. The van der Waals surface area contributed by atoms with Gasteiger partial charge in [-0.2, -0.15) is 0 Å². The topological polar surface area (TPSA) is 37.1 Å². The highest BCUT2D eigenvalue weighted by Crippen LogP contribution is 2.45. The Labute approximate surface area is 278 Å². The maximum absolute atomic E-state index is 4.99. The van der Waals surface area contributed by atoms with Gasteiger partial charge >= 0.3 is 0 Å². The van der Waals surface area contributed by atoms with E-state index in [0.29, 0.717) is 18.2 Å². The third-order valence-corrected chi connectivity index (χ3v) is 9.57. The molecule has 0 aliphatic heterocycles. The van der Waals surface area contributed by atoms with Gasteiger partial charge in [-0.1, -0.05) is 165 Å². The van der Waals surface area contributed by atoms with Gasteiger partial charge in [0.25, 0.3) is 0 Å². The largest absolute Gasteiger partial charge is 0.261 e. The Morgan fingerprint density at radius 2 is 1.09 bits per heavy atom. The summed E-state index contributed by atoms with van der Waals surface area (Å²) in [6.45, 7) is 4.31. The van der Waals surface area contributed by atoms with Gasteiger partial charge in [-0.25, -0.2) is 9.98 Å². The van der Waals surface area contributed by atoms with Crippen LogP contribution in [-0.2, 0) is 12.0 Å². The van der Waals surface area contributed by atoms with E-state index >= 15 is 0 Å². The first-order valence-electron chi connectivity index (χ1n) is 16.6. The Hall–Kier alpha value is -5.41. The van der Waals surface area contributed by atoms with Gasteiger partial charge in [0.05, 0.1) is 6.54 Å². The molecule has 6 aromatic rings. The number of hydrogen-bond acceptors (Lipinski definition) is 1. The molecule has 0 atom stereocenters. The Bertz CT molecular complexity index is 2020. The molecule has 0 amide bonds. The predicted octanol–water partition coefficient (Wildman–Crippen LogP) is 10.9. The van der Waals surface area contributed by atoms with Gasteiger partial charge in [0, 0.05) is 16.5 Å². The smallest absolute Gasteiger partial charge is 0.161 e. The molecule has 1 aliphatic rings. The van der Waals surface area contributed by atoms with Crippen LogP contribution in [0.25, 0.3) is 21.9 Å². The molecule has 0 aromatic heterocycles. The molecule has 3 nitrogen and oxygen atoms in total. The van der Waals surface area contributed by atoms with E-state index in [1.165, 1.54) is 65.1 Å². The number of hydrogen-bond donors (Lipinski definition) is 0. The minimum atomic E-state index is 0.0294. The van der Waals surface area contributed by atoms with E-state index in [1.54, 1.807) is 0 Å². The maximum Gasteiger partial charge on any atom is 0.161 e. The fraction of sp³-hybridized carbons (Fsp3) is 0.159. The maximum atomic E-state index is 4.99. The molecule has 0 spiro atoms. The van der Waals surface area contributed by atoms with Crippen LogP contribution in [0.4, 0.5) is 0 Å². The van der Waals surface area contributed by atoms with Crippen LogP contribution in [0.5, 0.6) is 0 Å². The Balaban J connectivity index is 1.16. The van der Waals surface area contributed by atoms with Gasteiger partial charge in [-0.3, -0.25) is 4.99 Å². The zero-order chi connectivity index (χ0) is 31.9. The zero-order valence-electron chi connectivity index (χ0n) is 26.7. The number of fused-ring (bicyclic) bond motifs is 1. The van der Waals surface area contributed by atoms with Crippen molar-refractivity contribution in [2.45, 2.75) is 44.1 Å². The summed E-state index contributed by atoms with van der Waals surface area (Å²) < 4.78 is 0. The van der Waals surface area contributed by atoms with E-state index in [1.807, 2.05) is 60.7 Å². The third-order valence-electron chi connectivity index (χ3n) is 9.57. The molecule has 47 heavy (non-hydrogen) atoms. The number of aliphatic imine (C=N–C) groups is 3. The monoisotopic (exact) mass is 609 g/mol. The van der Waals surface area contributed by atoms with Crippen LogP contribution in [-0.4, -0.2) is 18.4 Å². The first kappa shape index (κ1) is 30.3. The molecule has 1 fully saturated rings. The molecule has 0 unspecified atom stereocenters. The summed E-state index contributed by atoms with van der Waals surface area (Å²) in [6.07, 6.45) is 6.14. The summed E-state index contributed by atoms with van der Waals surface area (Å²) in [5.74, 6) is 1.21. The van der Waals surface area contributed by atoms with Crippen molar-refractivity contribution in [3.63, 3.8) is 0 Å². The minimum Gasteiger partial charge on any atom is -0.261 e. The SMILES string of the molecule is C=NC(=NC(=NCc1ccc(C2(c3ccc(-c4ccc5ccccc5c4)cc3)CCCCC2)cc1)c1ccccc1)c1ccccc1. The van der Waals surface area contributed by atoms with Crippen LogP contribution in [0.15, 0.2) is 167 Å². The van der Waals surface area contributed by atoms with Gasteiger partial charge in [-0.05, 0) is 64.2 Å². The first-order chi connectivity index (χ1) is 23.2. The van der Waals surface area contributed by atoms with Crippen LogP contribution in [0.2, 0.25) is 0 Å². The number of amidine groups is 2. The van der Waals surface area contributed by atoms with E-state index in [-0.39, 0.29) is 5.41 Å². The number of rotatable bonds is 7. The second-order valence-electron chi connectivity index (χ2n) is 12.4. The molecular weight excluding hydrogens is 571 g/mol. The third kappa shape index (κ3) is 6.62. The summed E-state index contributed by atoms with van der Waals surface area (Å²) in [6, 6.07) is 53.9. The molecule has 230 valence electrons. The molecule has 0 radical (unpaired) electrons. The Kier molecular flexibility index (Phi) is 8.96. The lowest BCUT2D eigenvalue weighted by atomic mass is 9.65. The van der Waals surface area contributed by atoms with Crippen molar-refractivity contribution in [2.75, 3.05) is 0 Å². The lowest BCUT2D eigenvalue weighted by Crippen LogP contribution is -2.30. The molecule has 7 rings (SSSR count). The summed E-state index contributed by atoms with van der Waals surface area (Å²) in [4.78, 5) is 14.1. The second-order valence-corrected chi connectivity index (χ2v) is 12.4. The first-order valence-corrected chi connectivity index (χ1v) is 16.6. The summed E-state index contributed by atoms with van der Waals surface area (Å²) >= 11 is 0. The average Bonchev–Trinajstić information content (AvgIpc) is 3.16. The second kappa shape index (κ2) is 13.9. The predicted molar refractivity (Wildman–Crippen MR) is 199 cm³/mol. The van der Waals surface area contributed by atoms with E-state index in [2.05, 4.69) is 103 Å². The highest BCUT2D eigenvalue weighted by atomic mass is 15.0. The zero-order valence-corrected chi connectivity index (χ0v) is 26.7. The Morgan fingerprint density at radius 3 is 1.72 bits per heavy atom. The summed E-state index contributed by atoms with van der Waals surface area (Å²) in [5, 5.41) is 2.55. The number of benzene rings is 6. The van der Waals surface area contributed by atoms with Gasteiger partial charge in [0.15, 0.2) is 11.7 Å². The van der Waals surface area contributed by atoms with Gasteiger partial charge in [-0.15, -0.1) is 0 Å². The molecule has 0 saturated heterocycles. The lowest BCUT2D eigenvalue weighted by Gasteiger charge is -2.39. The lowest BCUT2D eigenvalue weighted by molar-refractivity contribution is 0.346. The normalized spacial score (nSPS) is 15.0. The standard InChI is InChI=1S/C44H39N3/c1-45-42(36-14-5-2-6-15-36)47-43(37-16-7-3-8-17-37)46-32-33-19-25-40(26-20-33)44(29-11-4-12-30-44)41-27-23-35(24-28-41)39-22-21-34-13-9-10-18-38(34)31-39/h2-3,5-10,13-28,31H,1,4,11-12,29-30,32H2. The summed E-state index contributed by atoms with van der Waals surface area (Å²) in [7, 11) is 0. The quantitative estimate of drug-likeness (QED) is 0.128. The van der Waals surface area contributed by atoms with Crippen molar-refractivity contribution in [3.05, 3.63) is 179 Å². The highest BCUT2D eigenvalue weighted by Gasteiger charge is 2.35. The molecule has 6 aromatic carbocycles. The van der Waals surface area contributed by atoms with Gasteiger partial charge in [0.1, 0.15) is 0 Å². The van der Waals surface area contributed by atoms with E-state index in [4.69, 9.17) is 9.98 Å². The fourth-order valence-corrected chi connectivity index (χ4v) is 7.00. The van der Waals surface area contributed by atoms with Crippen molar-refractivity contribution in [2.24, 2.45) is 15.0 Å². The van der Waals surface area contributed by atoms with Crippen LogP contribution in [0.3, 0.4) is 0 Å². The van der Waals surface area contributed by atoms with Crippen molar-refractivity contribution >= 4 is 29.2 Å². The number of nitrogens with zero attached hydrogens (tertiary/aromatic N) is 3. The molecule has 1 saturated carbocycles. The van der Waals surface area contributed by atoms with Crippen molar-refractivity contribution in [3.8, 4) is 11.1 Å². The molecular formula is C44H39N3. The van der Waals surface area contributed by atoms with Crippen molar-refractivity contribution in [1.29, 1.82) is 0 Å². The van der Waals surface area contributed by atoms with Crippen molar-refractivity contribution in [1.82, 2.24) is 0 Å². The average molecular weight is 610 g/mol. The van der Waals surface area contributed by atoms with Gasteiger partial charge < -0.3 is 0 Å². The fourth-order valence-electron chi connectivity index (χ4n) is 7.00. The van der Waals surface area contributed by atoms with Crippen LogP contribution < -0.4 is 0 Å². The van der Waals surface area contributed by atoms with Crippen molar-refractivity contribution < 1.29 is 0 Å². The van der Waals surface area contributed by atoms with Crippen LogP contribution in [0.1, 0.15) is 59.9 Å². The molecule has 0 N–H and O–H groups in total. The summed E-state index contributed by atoms with van der Waals surface area (Å²) in [5.41, 5.74) is 8.39. The molecule has 0 heterocycles. The minimum absolute atomic E-state index is 0.0294. The van der Waals surface area contributed by atoms with E-state index in [9.17, 15) is 0 Å². The molecule has 0 bridgehead atoms. The van der Waals surface area contributed by atoms with Crippen LogP contribution >= 0.6 is 0 Å². The Morgan fingerprint density at radius 1 is 0.532 bits per heavy atom. The van der Waals surface area contributed by atoms with Gasteiger partial charge in [0.2, 0.25) is 0 Å². The molecule has 1 aliphatic carbocycles.